The lowest BCUT2D eigenvalue weighted by Gasteiger charge is -2.12. The van der Waals surface area contributed by atoms with Crippen LogP contribution in [0.4, 0.5) is 11.4 Å². The minimum absolute atomic E-state index is 0.0777. The molecule has 2 aromatic heterocycles. The number of ether oxygens (including phenoxy) is 4. The predicted molar refractivity (Wildman–Crippen MR) is 218 cm³/mol. The van der Waals surface area contributed by atoms with Crippen molar-refractivity contribution in [2.24, 2.45) is 0 Å². The van der Waals surface area contributed by atoms with Crippen molar-refractivity contribution in [1.82, 2.24) is 19.9 Å². The number of benzene rings is 6. The van der Waals surface area contributed by atoms with E-state index in [9.17, 15) is 10.1 Å². The first-order valence-electron chi connectivity index (χ1n) is 17.4. The molecule has 8 aromatic rings. The van der Waals surface area contributed by atoms with Gasteiger partial charge in [-0.05, 0) is 115 Å². The van der Waals surface area contributed by atoms with E-state index >= 15 is 0 Å². The zero-order valence-corrected chi connectivity index (χ0v) is 31.0. The van der Waals surface area contributed by atoms with Gasteiger partial charge in [0.15, 0.2) is 5.52 Å². The zero-order valence-electron chi connectivity index (χ0n) is 31.0. The van der Waals surface area contributed by atoms with Crippen LogP contribution in [0.5, 0.6) is 23.0 Å². The maximum Gasteiger partial charge on any atom is 0.297 e. The van der Waals surface area contributed by atoms with Crippen molar-refractivity contribution in [1.29, 1.82) is 0 Å². The third-order valence-electron chi connectivity index (χ3n) is 9.05. The number of para-hydroxylation sites is 2. The molecule has 0 saturated heterocycles. The molecule has 0 spiro atoms. The first-order chi connectivity index (χ1) is 27.3. The van der Waals surface area contributed by atoms with Gasteiger partial charge in [-0.1, -0.05) is 12.1 Å². The third kappa shape index (κ3) is 7.57. The standard InChI is InChI=1S/C22H17N3O4.C22H19N3O2/c1-28-16-10-6-14(7-11-16)20-21(15-8-12-17(29-2)13-9-15)24-22-18(23-20)4-3-5-19(22)25(26)27;1-26-16-10-6-14(7-11-16)20-21(15-8-12-17(27-2)13-9-15)25-22-18(23)4-3-5-19(22)24-20/h3-13H,1-2H3;3-13H,23H2,1-2H3. The molecule has 6 aromatic carbocycles. The lowest BCUT2D eigenvalue weighted by Crippen LogP contribution is -1.99. The number of non-ortho nitro benzene ring substituents is 1. The molecule has 0 aliphatic heterocycles. The fourth-order valence-electron chi connectivity index (χ4n) is 6.11. The first kappa shape index (κ1) is 36.7. The van der Waals surface area contributed by atoms with Crippen LogP contribution in [0.1, 0.15) is 0 Å². The molecular formula is C44H36N6O6. The fraction of sp³-hybridized carbons (Fsp3) is 0.0909. The molecule has 0 aliphatic rings. The van der Waals surface area contributed by atoms with Crippen LogP contribution in [0.3, 0.4) is 0 Å². The van der Waals surface area contributed by atoms with Gasteiger partial charge in [-0.2, -0.15) is 0 Å². The number of nitrogens with two attached hydrogens (primary N) is 1. The van der Waals surface area contributed by atoms with Gasteiger partial charge in [0.25, 0.3) is 5.69 Å². The van der Waals surface area contributed by atoms with Crippen molar-refractivity contribution in [3.8, 4) is 68.0 Å². The Morgan fingerprint density at radius 3 is 1.12 bits per heavy atom. The Hall–Kier alpha value is -7.60. The number of nitrogens with zero attached hydrogens (tertiary/aromatic N) is 5. The second kappa shape index (κ2) is 16.2. The number of rotatable bonds is 9. The van der Waals surface area contributed by atoms with Crippen molar-refractivity contribution < 1.29 is 23.9 Å². The van der Waals surface area contributed by atoms with Gasteiger partial charge in [-0.25, -0.2) is 19.9 Å². The summed E-state index contributed by atoms with van der Waals surface area (Å²) in [4.78, 5) is 30.2. The number of nitro benzene ring substituents is 1. The summed E-state index contributed by atoms with van der Waals surface area (Å²) in [5.74, 6) is 3.02. The summed E-state index contributed by atoms with van der Waals surface area (Å²) in [6, 6.07) is 40.8. The molecule has 0 radical (unpaired) electrons. The molecule has 8 rings (SSSR count). The van der Waals surface area contributed by atoms with Crippen molar-refractivity contribution in [3.63, 3.8) is 0 Å². The number of aromatic nitrogens is 4. The first-order valence-corrected chi connectivity index (χ1v) is 17.4. The lowest BCUT2D eigenvalue weighted by molar-refractivity contribution is -0.383. The second-order valence-electron chi connectivity index (χ2n) is 12.4. The Morgan fingerprint density at radius 2 is 0.768 bits per heavy atom. The van der Waals surface area contributed by atoms with Gasteiger partial charge in [0.1, 0.15) is 28.5 Å². The van der Waals surface area contributed by atoms with Gasteiger partial charge in [0.05, 0.1) is 72.9 Å². The summed E-state index contributed by atoms with van der Waals surface area (Å²) in [6.07, 6.45) is 0. The molecule has 278 valence electrons. The molecule has 12 nitrogen and oxygen atoms in total. The van der Waals surface area contributed by atoms with E-state index in [4.69, 9.17) is 39.6 Å². The van der Waals surface area contributed by atoms with Crippen LogP contribution in [0.25, 0.3) is 67.1 Å². The maximum atomic E-state index is 11.5. The largest absolute Gasteiger partial charge is 0.497 e. The van der Waals surface area contributed by atoms with Gasteiger partial charge in [-0.15, -0.1) is 0 Å². The highest BCUT2D eigenvalue weighted by atomic mass is 16.6. The highest BCUT2D eigenvalue weighted by Gasteiger charge is 2.20. The highest BCUT2D eigenvalue weighted by Crippen LogP contribution is 2.36. The number of methoxy groups -OCH3 is 4. The molecular weight excluding hydrogens is 709 g/mol. The number of hydrogen-bond donors (Lipinski definition) is 1. The number of anilines is 1. The lowest BCUT2D eigenvalue weighted by atomic mass is 10.0. The Balaban J connectivity index is 0.000000172. The minimum atomic E-state index is -0.443. The Labute approximate surface area is 322 Å². The second-order valence-corrected chi connectivity index (χ2v) is 12.4. The maximum absolute atomic E-state index is 11.5. The van der Waals surface area contributed by atoms with E-state index in [2.05, 4.69) is 4.98 Å². The monoisotopic (exact) mass is 744 g/mol. The van der Waals surface area contributed by atoms with E-state index in [-0.39, 0.29) is 11.2 Å². The molecule has 0 saturated carbocycles. The summed E-state index contributed by atoms with van der Waals surface area (Å²) in [7, 11) is 6.49. The van der Waals surface area contributed by atoms with Gasteiger partial charge in [0.2, 0.25) is 0 Å². The van der Waals surface area contributed by atoms with Crippen molar-refractivity contribution in [2.45, 2.75) is 0 Å². The van der Waals surface area contributed by atoms with Gasteiger partial charge < -0.3 is 24.7 Å². The highest BCUT2D eigenvalue weighted by molar-refractivity contribution is 5.93. The average molecular weight is 745 g/mol. The van der Waals surface area contributed by atoms with E-state index in [1.54, 1.807) is 40.6 Å². The van der Waals surface area contributed by atoms with Crippen molar-refractivity contribution in [3.05, 3.63) is 144 Å². The molecule has 2 heterocycles. The smallest absolute Gasteiger partial charge is 0.297 e. The van der Waals surface area contributed by atoms with Crippen LogP contribution >= 0.6 is 0 Å². The van der Waals surface area contributed by atoms with Crippen LogP contribution < -0.4 is 24.7 Å². The van der Waals surface area contributed by atoms with Crippen molar-refractivity contribution in [2.75, 3.05) is 34.2 Å². The van der Waals surface area contributed by atoms with Gasteiger partial charge in [0, 0.05) is 28.3 Å². The Morgan fingerprint density at radius 1 is 0.446 bits per heavy atom. The molecule has 0 bridgehead atoms. The fourth-order valence-corrected chi connectivity index (χ4v) is 6.11. The van der Waals surface area contributed by atoms with Crippen LogP contribution in [0, 0.1) is 10.1 Å². The summed E-state index contributed by atoms with van der Waals surface area (Å²) in [6.45, 7) is 0. The summed E-state index contributed by atoms with van der Waals surface area (Å²) >= 11 is 0. The summed E-state index contributed by atoms with van der Waals surface area (Å²) in [5, 5.41) is 11.5. The SMILES string of the molecule is COc1ccc(-c2nc3cccc(N)c3nc2-c2ccc(OC)cc2)cc1.COc1ccc(-c2nc3cccc([N+](=O)[O-])c3nc2-c2ccc(OC)cc2)cc1. The topological polar surface area (TPSA) is 158 Å². The van der Waals surface area contributed by atoms with E-state index in [0.29, 0.717) is 33.9 Å². The van der Waals surface area contributed by atoms with E-state index < -0.39 is 4.92 Å². The molecule has 0 fully saturated rings. The average Bonchev–Trinajstić information content (AvgIpc) is 3.25. The molecule has 2 N–H and O–H groups in total. The van der Waals surface area contributed by atoms with Crippen LogP contribution in [-0.4, -0.2) is 53.3 Å². The molecule has 56 heavy (non-hydrogen) atoms. The van der Waals surface area contributed by atoms with E-state index in [1.807, 2.05) is 115 Å². The third-order valence-corrected chi connectivity index (χ3v) is 9.05. The van der Waals surface area contributed by atoms with Crippen LogP contribution in [0.2, 0.25) is 0 Å². The molecule has 0 amide bonds. The van der Waals surface area contributed by atoms with Crippen molar-refractivity contribution >= 4 is 33.4 Å². The summed E-state index contributed by atoms with van der Waals surface area (Å²) in [5.41, 5.74) is 15.1. The van der Waals surface area contributed by atoms with E-state index in [1.165, 1.54) is 6.07 Å². The summed E-state index contributed by atoms with van der Waals surface area (Å²) < 4.78 is 21.0. The number of hydrogen-bond acceptors (Lipinski definition) is 11. The molecule has 0 unspecified atom stereocenters. The number of nitro groups is 1. The van der Waals surface area contributed by atoms with Gasteiger partial charge in [-0.3, -0.25) is 10.1 Å². The molecule has 12 heteroatoms. The molecule has 0 aliphatic carbocycles. The number of fused-ring (bicyclic) bond motifs is 2. The zero-order chi connectivity index (χ0) is 39.2. The number of nitrogen functional groups attached to an aromatic ring is 1. The van der Waals surface area contributed by atoms with Crippen LogP contribution in [0.15, 0.2) is 133 Å². The quantitative estimate of drug-likeness (QED) is 0.0853. The predicted octanol–water partition coefficient (Wildman–Crippen LogP) is 9.45. The normalized spacial score (nSPS) is 10.7. The minimum Gasteiger partial charge on any atom is -0.497 e. The molecule has 0 atom stereocenters. The van der Waals surface area contributed by atoms with Gasteiger partial charge >= 0.3 is 0 Å². The van der Waals surface area contributed by atoms with E-state index in [0.717, 1.165) is 56.4 Å². The Kier molecular flexibility index (Phi) is 10.6. The Bertz CT molecular complexity index is 2650. The van der Waals surface area contributed by atoms with Crippen LogP contribution in [-0.2, 0) is 0 Å².